The summed E-state index contributed by atoms with van der Waals surface area (Å²) in [6.07, 6.45) is 2.60. The zero-order valence-electron chi connectivity index (χ0n) is 25.2. The summed E-state index contributed by atoms with van der Waals surface area (Å²) in [4.78, 5) is 13.0. The molecule has 0 atom stereocenters. The van der Waals surface area contributed by atoms with E-state index in [4.69, 9.17) is 37.8 Å². The first kappa shape index (κ1) is 33.1. The van der Waals surface area contributed by atoms with Gasteiger partial charge in [0.05, 0.1) is 27.9 Å². The van der Waals surface area contributed by atoms with E-state index < -0.39 is 14.0 Å². The minimum atomic E-state index is -1.14. The molecule has 7 nitrogen and oxygen atoms in total. The summed E-state index contributed by atoms with van der Waals surface area (Å²) in [6, 6.07) is 13.4. The Hall–Kier alpha value is -2.36. The van der Waals surface area contributed by atoms with Crippen LogP contribution in [-0.2, 0) is 21.0 Å². The quantitative estimate of drug-likeness (QED) is 0.0965. The maximum Gasteiger partial charge on any atom is 0.329 e. The van der Waals surface area contributed by atoms with Gasteiger partial charge >= 0.3 is 5.97 Å². The number of nitrogens with zero attached hydrogens (tertiary/aromatic N) is 2. The number of H-pyrrole nitrogens is 1. The van der Waals surface area contributed by atoms with Crippen LogP contribution >= 0.6 is 23.2 Å². The molecule has 0 saturated heterocycles. The summed E-state index contributed by atoms with van der Waals surface area (Å²) in [5, 5.41) is 13.3. The summed E-state index contributed by atoms with van der Waals surface area (Å²) in [5.41, 5.74) is 7.74. The number of unbranched alkanes of at least 4 members (excludes halogenated alkanes) is 2. The van der Waals surface area contributed by atoms with Crippen molar-refractivity contribution in [3.63, 3.8) is 0 Å². The number of ether oxygens (including phenoxy) is 2. The smallest absolute Gasteiger partial charge is 0.329 e. The zero-order chi connectivity index (χ0) is 30.2. The molecule has 3 rings (SSSR count). The second kappa shape index (κ2) is 15.2. The molecule has 0 unspecified atom stereocenters. The fraction of sp³-hybridized carbons (Fsp3) is 0.484. The molecule has 41 heavy (non-hydrogen) atoms. The Labute approximate surface area is 255 Å². The number of hydrogen-bond donors (Lipinski definition) is 2. The van der Waals surface area contributed by atoms with Crippen LogP contribution in [0.4, 0.5) is 11.4 Å². The van der Waals surface area contributed by atoms with Gasteiger partial charge < -0.3 is 19.5 Å². The third-order valence-corrected chi connectivity index (χ3v) is 9.50. The summed E-state index contributed by atoms with van der Waals surface area (Å²) in [7, 11) is -1.14. The lowest BCUT2D eigenvalue weighted by molar-refractivity contribution is -0.786. The number of benzene rings is 2. The van der Waals surface area contributed by atoms with Crippen LogP contribution in [0.2, 0.25) is 35.7 Å². The van der Waals surface area contributed by atoms with E-state index in [-0.39, 0.29) is 6.61 Å². The predicted molar refractivity (Wildman–Crippen MR) is 171 cm³/mol. The largest absolute Gasteiger partial charge is 0.480 e. The lowest BCUT2D eigenvalue weighted by atomic mass is 10.00. The van der Waals surface area contributed by atoms with Crippen molar-refractivity contribution < 1.29 is 24.1 Å². The first-order valence-corrected chi connectivity index (χ1v) is 18.6. The zero-order valence-corrected chi connectivity index (χ0v) is 27.7. The highest BCUT2D eigenvalue weighted by Crippen LogP contribution is 2.36. The Morgan fingerprint density at radius 2 is 1.73 bits per heavy atom. The Kier molecular flexibility index (Phi) is 12.3. The van der Waals surface area contributed by atoms with Crippen LogP contribution in [0.5, 0.6) is 0 Å². The van der Waals surface area contributed by atoms with E-state index in [0.29, 0.717) is 23.4 Å². The van der Waals surface area contributed by atoms with Gasteiger partial charge in [0.15, 0.2) is 0 Å². The Morgan fingerprint density at radius 1 is 0.976 bits per heavy atom. The highest BCUT2D eigenvalue weighted by Gasteiger charge is 2.23. The number of anilines is 2. The minimum absolute atomic E-state index is 0.260. The molecule has 0 fully saturated rings. The van der Waals surface area contributed by atoms with Crippen LogP contribution in [0.15, 0.2) is 36.4 Å². The number of carbonyl (C=O) groups is 1. The summed E-state index contributed by atoms with van der Waals surface area (Å²) < 4.78 is 13.3. The number of hydrogen-bond acceptors (Lipinski definition) is 4. The van der Waals surface area contributed by atoms with Crippen LogP contribution in [0, 0.1) is 20.8 Å². The number of carboxylic acids is 1. The highest BCUT2D eigenvalue weighted by molar-refractivity contribution is 6.76. The van der Waals surface area contributed by atoms with Gasteiger partial charge in [-0.1, -0.05) is 59.7 Å². The predicted octanol–water partition coefficient (Wildman–Crippen LogP) is 7.92. The van der Waals surface area contributed by atoms with E-state index in [2.05, 4.69) is 73.3 Å². The van der Waals surface area contributed by atoms with Gasteiger partial charge in [0, 0.05) is 39.5 Å². The molecule has 0 saturated carbocycles. The molecule has 1 heterocycles. The van der Waals surface area contributed by atoms with Crippen molar-refractivity contribution in [3.8, 4) is 11.1 Å². The highest BCUT2D eigenvalue weighted by atomic mass is 35.5. The van der Waals surface area contributed by atoms with Crippen molar-refractivity contribution in [1.82, 2.24) is 5.10 Å². The summed E-state index contributed by atoms with van der Waals surface area (Å²) >= 11 is 12.7. The van der Waals surface area contributed by atoms with Gasteiger partial charge in [-0.3, -0.25) is 0 Å². The molecule has 0 aliphatic carbocycles. The first-order chi connectivity index (χ1) is 19.4. The topological polar surface area (TPSA) is 78.7 Å². The molecule has 0 amide bonds. The second-order valence-electron chi connectivity index (χ2n) is 11.7. The van der Waals surface area contributed by atoms with Gasteiger partial charge in [-0.05, 0) is 74.5 Å². The van der Waals surface area contributed by atoms with Crippen LogP contribution in [0.3, 0.4) is 0 Å². The van der Waals surface area contributed by atoms with Crippen molar-refractivity contribution in [2.45, 2.75) is 72.4 Å². The molecule has 0 spiro atoms. The number of aromatic amines is 1. The molecular formula is C31H44Cl2N3O4Si+. The Bertz CT molecular complexity index is 1320. The third kappa shape index (κ3) is 9.86. The van der Waals surface area contributed by atoms with E-state index in [1.165, 1.54) is 5.56 Å². The molecule has 3 aromatic rings. The lowest BCUT2D eigenvalue weighted by Crippen LogP contribution is -2.40. The van der Waals surface area contributed by atoms with E-state index in [1.54, 1.807) is 0 Å². The molecular weight excluding hydrogens is 577 g/mol. The number of halogens is 2. The van der Waals surface area contributed by atoms with Gasteiger partial charge in [-0.15, -0.1) is 0 Å². The average molecular weight is 622 g/mol. The molecule has 1 aromatic heterocycles. The maximum atomic E-state index is 10.7. The third-order valence-electron chi connectivity index (χ3n) is 7.06. The van der Waals surface area contributed by atoms with E-state index in [9.17, 15) is 4.79 Å². The van der Waals surface area contributed by atoms with Crippen LogP contribution in [-0.4, -0.2) is 50.6 Å². The van der Waals surface area contributed by atoms with Gasteiger partial charge in [0.25, 0.3) is 6.73 Å². The van der Waals surface area contributed by atoms with Crippen LogP contribution in [0.1, 0.15) is 36.2 Å². The monoisotopic (exact) mass is 620 g/mol. The molecule has 0 aliphatic heterocycles. The fourth-order valence-electron chi connectivity index (χ4n) is 4.74. The van der Waals surface area contributed by atoms with Gasteiger partial charge in [-0.2, -0.15) is 5.10 Å². The lowest BCUT2D eigenvalue weighted by Gasteiger charge is -2.28. The maximum absolute atomic E-state index is 10.7. The summed E-state index contributed by atoms with van der Waals surface area (Å²) in [5.74, 6) is -0.945. The average Bonchev–Trinajstić information content (AvgIpc) is 3.18. The van der Waals surface area contributed by atoms with Crippen LogP contribution < -0.4 is 9.58 Å². The standard InChI is InChI=1S/C31H43Cl2N3O4Si/c1-22-10-11-25(31-23(2)34-36(24(31)3)21-40-16-17-41(4,5)6)18-29(22)35(26-12-13-27(32)28(33)19-26)14-8-7-9-15-39-20-30(37)38/h10-13,18-19H,7-9,14-17,20-21H2,1-6H3,(H,37,38)/p+1. The summed E-state index contributed by atoms with van der Waals surface area (Å²) in [6.45, 7) is 15.6. The van der Waals surface area contributed by atoms with Crippen LogP contribution in [0.25, 0.3) is 11.1 Å². The number of aryl methyl sites for hydroxylation is 2. The molecule has 224 valence electrons. The van der Waals surface area contributed by atoms with Crippen molar-refractivity contribution in [2.24, 2.45) is 0 Å². The molecule has 2 aromatic carbocycles. The number of carboxylic acid groups (broad SMARTS) is 1. The molecule has 0 bridgehead atoms. The minimum Gasteiger partial charge on any atom is -0.480 e. The number of rotatable bonds is 16. The molecule has 0 radical (unpaired) electrons. The van der Waals surface area contributed by atoms with Gasteiger partial charge in [0.2, 0.25) is 5.69 Å². The normalized spacial score (nSPS) is 11.7. The fourth-order valence-corrected chi connectivity index (χ4v) is 5.79. The van der Waals surface area contributed by atoms with Crippen molar-refractivity contribution in [1.29, 1.82) is 0 Å². The number of nitrogens with one attached hydrogen (secondary N) is 1. The Morgan fingerprint density at radius 3 is 2.41 bits per heavy atom. The first-order valence-electron chi connectivity index (χ1n) is 14.2. The van der Waals surface area contributed by atoms with Crippen molar-refractivity contribution in [3.05, 3.63) is 63.4 Å². The number of aliphatic carboxylic acids is 1. The van der Waals surface area contributed by atoms with Crippen molar-refractivity contribution in [2.75, 3.05) is 31.3 Å². The molecule has 0 aliphatic rings. The number of aromatic nitrogens is 2. The van der Waals surface area contributed by atoms with E-state index in [1.807, 2.05) is 18.2 Å². The van der Waals surface area contributed by atoms with Gasteiger partial charge in [0.1, 0.15) is 6.61 Å². The Balaban J connectivity index is 1.84. The van der Waals surface area contributed by atoms with E-state index in [0.717, 1.165) is 72.3 Å². The van der Waals surface area contributed by atoms with Crippen molar-refractivity contribution >= 4 is 48.6 Å². The molecule has 2 N–H and O–H groups in total. The van der Waals surface area contributed by atoms with E-state index >= 15 is 0 Å². The van der Waals surface area contributed by atoms with Gasteiger partial charge in [-0.25, -0.2) is 4.79 Å². The second-order valence-corrected chi connectivity index (χ2v) is 18.2. The SMILES string of the molecule is Cc1ccc(-c2c(C)[nH][n+](COCC[Si](C)(C)C)c2C)cc1N(CCCCCOCC(=O)O)c1ccc(Cl)c(Cl)c1. The molecule has 10 heteroatoms.